The number of aromatic nitrogens is 1. The Bertz CT molecular complexity index is 2710. The van der Waals surface area contributed by atoms with E-state index < -0.39 is 60.0 Å². The second kappa shape index (κ2) is 26.2. The first-order valence-corrected chi connectivity index (χ1v) is 24.4. The van der Waals surface area contributed by atoms with Crippen LogP contribution in [0.1, 0.15) is 40.5 Å². The maximum absolute atomic E-state index is 14.3. The number of carbonyl (C=O) groups excluding carboxylic acids is 5. The van der Waals surface area contributed by atoms with Gasteiger partial charge in [-0.2, -0.15) is 0 Å². The van der Waals surface area contributed by atoms with Crippen molar-refractivity contribution in [1.82, 2.24) is 25.6 Å². The van der Waals surface area contributed by atoms with Gasteiger partial charge in [0.2, 0.25) is 17.3 Å². The highest BCUT2D eigenvalue weighted by molar-refractivity contribution is 6.23. The van der Waals surface area contributed by atoms with Gasteiger partial charge in [0.1, 0.15) is 6.10 Å². The minimum atomic E-state index is -1.03. The Kier molecular flexibility index (Phi) is 19.8. The number of ketones is 2. The molecule has 1 aliphatic carbocycles. The number of methoxy groups -OCH3 is 6. The fourth-order valence-electron chi connectivity index (χ4n) is 9.22. The van der Waals surface area contributed by atoms with Crippen molar-refractivity contribution in [3.05, 3.63) is 95.0 Å². The maximum Gasteiger partial charge on any atom is 0.415 e. The summed E-state index contributed by atoms with van der Waals surface area (Å²) in [6.45, 7) is 9.33. The van der Waals surface area contributed by atoms with E-state index in [1.807, 2.05) is 6.92 Å². The van der Waals surface area contributed by atoms with Gasteiger partial charge < -0.3 is 68.8 Å². The van der Waals surface area contributed by atoms with Crippen LogP contribution in [0, 0.1) is 11.8 Å². The Hall–Kier alpha value is -7.46. The van der Waals surface area contributed by atoms with Gasteiger partial charge in [-0.05, 0) is 68.0 Å². The highest BCUT2D eigenvalue weighted by Crippen LogP contribution is 2.44. The van der Waals surface area contributed by atoms with Gasteiger partial charge in [-0.1, -0.05) is 49.4 Å². The number of Topliss-reactive ketones (excluding diaryl/α,β-unsaturated/α-hetero) is 1. The molecule has 1 saturated heterocycles. The highest BCUT2D eigenvalue weighted by atomic mass is 16.6. The molecular formula is C54H68N6O15. The normalized spacial score (nSPS) is 22.4. The first kappa shape index (κ1) is 56.8. The number of allylic oxidation sites excluding steroid dienone is 4. The third-order valence-electron chi connectivity index (χ3n) is 13.3. The first-order valence-electron chi connectivity index (χ1n) is 24.4. The SMILES string of the molecule is COc1ccc(-c2cnoc2-c2cc(OC)c(OC)c(OC)c2)cc1OC(=O)N1CCN(CCNC2=C3C[C@@H](C)C[C@H](OC)[C@@H](O)[C@@H](C)C=C(C)[C@H](OC(N)=O)[C@@H](OC)C=CC=C(C)C(=O)NC(=CC2=O)C3=O)CC1. The highest BCUT2D eigenvalue weighted by Gasteiger charge is 2.34. The molecule has 3 aromatic rings. The largest absolute Gasteiger partial charge is 0.493 e. The summed E-state index contributed by atoms with van der Waals surface area (Å²) in [5.41, 5.74) is 8.15. The second-order valence-corrected chi connectivity index (χ2v) is 18.4. The molecule has 3 amide bonds. The van der Waals surface area contributed by atoms with Crippen LogP contribution in [-0.4, -0.2) is 156 Å². The topological polar surface area (TPSA) is 262 Å². The standard InChI is InChI=1S/C54H68N6O15/c1-30-22-36-46(39(61)28-38(48(36)63)58-52(64)31(2)12-11-13-41(68-6)49(74-53(55)65)33(4)24-32(3)47(62)43(23-30)69-7)56-16-17-59-18-20-60(21-19-59)54(66)73-42-25-34(14-15-40(42)67-5)37-29-57-75-50(37)35-26-44(70-8)51(72-10)45(27-35)71-9/h11-15,24-30,32,41,43,47,49,56,62H,16-23H2,1-10H3,(H2,55,65)(H,58,64)/t30-,32+,41+,43+,47+,49+/m1/s1. The lowest BCUT2D eigenvalue weighted by molar-refractivity contribution is -0.120. The van der Waals surface area contributed by atoms with E-state index in [1.165, 1.54) is 48.7 Å². The summed E-state index contributed by atoms with van der Waals surface area (Å²) >= 11 is 0. The zero-order valence-corrected chi connectivity index (χ0v) is 44.1. The Balaban J connectivity index is 1.14. The fourth-order valence-corrected chi connectivity index (χ4v) is 9.22. The molecule has 3 heterocycles. The fraction of sp³-hybridized carbons (Fsp3) is 0.444. The quantitative estimate of drug-likeness (QED) is 0.114. The number of primary amides is 1. The van der Waals surface area contributed by atoms with Gasteiger partial charge in [-0.15, -0.1) is 0 Å². The molecule has 6 rings (SSSR count). The van der Waals surface area contributed by atoms with Gasteiger partial charge in [0.05, 0.1) is 58.2 Å². The minimum Gasteiger partial charge on any atom is -0.493 e. The molecule has 2 aliphatic heterocycles. The molecule has 6 atom stereocenters. The lowest BCUT2D eigenvalue weighted by atomic mass is 9.85. The van der Waals surface area contributed by atoms with Crippen molar-refractivity contribution >= 4 is 29.7 Å². The molecule has 2 bridgehead atoms. The molecule has 21 heteroatoms. The molecule has 75 heavy (non-hydrogen) atoms. The summed E-state index contributed by atoms with van der Waals surface area (Å²) in [5, 5.41) is 21.4. The van der Waals surface area contributed by atoms with Crippen LogP contribution in [0.4, 0.5) is 9.59 Å². The summed E-state index contributed by atoms with van der Waals surface area (Å²) in [6, 6.07) is 8.65. The third-order valence-corrected chi connectivity index (χ3v) is 13.3. The maximum atomic E-state index is 14.3. The Morgan fingerprint density at radius 1 is 0.893 bits per heavy atom. The van der Waals surface area contributed by atoms with Crippen molar-refractivity contribution in [2.45, 2.75) is 65.0 Å². The van der Waals surface area contributed by atoms with E-state index in [0.29, 0.717) is 83.7 Å². The molecule has 0 spiro atoms. The molecule has 404 valence electrons. The minimum absolute atomic E-state index is 0.110. The Labute approximate surface area is 436 Å². The molecular weight excluding hydrogens is 973 g/mol. The van der Waals surface area contributed by atoms with E-state index in [9.17, 15) is 29.1 Å². The average molecular weight is 1040 g/mol. The number of nitrogens with one attached hydrogen (secondary N) is 2. The van der Waals surface area contributed by atoms with Crippen molar-refractivity contribution < 1.29 is 71.5 Å². The van der Waals surface area contributed by atoms with Crippen LogP contribution in [-0.2, 0) is 28.6 Å². The van der Waals surface area contributed by atoms with E-state index >= 15 is 0 Å². The number of fused-ring (bicyclic) bond motifs is 2. The predicted octanol–water partition coefficient (Wildman–Crippen LogP) is 5.52. The number of aliphatic hydroxyl groups is 1. The summed E-state index contributed by atoms with van der Waals surface area (Å²) in [6.07, 6.45) is 4.30. The number of nitrogens with zero attached hydrogens (tertiary/aromatic N) is 3. The zero-order chi connectivity index (χ0) is 54.5. The van der Waals surface area contributed by atoms with Gasteiger partial charge in [0.15, 0.2) is 34.9 Å². The number of ether oxygens (including phenoxy) is 8. The van der Waals surface area contributed by atoms with Gasteiger partial charge in [0, 0.05) is 87.8 Å². The van der Waals surface area contributed by atoms with E-state index in [-0.39, 0.29) is 53.6 Å². The molecule has 0 radical (unpaired) electrons. The van der Waals surface area contributed by atoms with Crippen molar-refractivity contribution in [3.8, 4) is 51.2 Å². The number of benzene rings is 2. The predicted molar refractivity (Wildman–Crippen MR) is 275 cm³/mol. The van der Waals surface area contributed by atoms with Crippen molar-refractivity contribution in [2.75, 3.05) is 81.9 Å². The number of amides is 3. The third kappa shape index (κ3) is 13.8. The van der Waals surface area contributed by atoms with Crippen LogP contribution in [0.15, 0.2) is 99.5 Å². The Morgan fingerprint density at radius 3 is 2.20 bits per heavy atom. The number of hydrogen-bond donors (Lipinski definition) is 4. The number of carbonyl (C=O) groups is 5. The molecule has 3 aliphatic rings. The molecule has 0 unspecified atom stereocenters. The van der Waals surface area contributed by atoms with Crippen LogP contribution in [0.5, 0.6) is 28.7 Å². The molecule has 1 aromatic heterocycles. The van der Waals surface area contributed by atoms with Gasteiger partial charge >= 0.3 is 12.2 Å². The van der Waals surface area contributed by atoms with E-state index in [0.717, 1.165) is 6.08 Å². The van der Waals surface area contributed by atoms with Crippen molar-refractivity contribution in [1.29, 1.82) is 0 Å². The molecule has 5 N–H and O–H groups in total. The van der Waals surface area contributed by atoms with Gasteiger partial charge in [0.25, 0.3) is 5.91 Å². The zero-order valence-electron chi connectivity index (χ0n) is 44.1. The molecule has 21 nitrogen and oxygen atoms in total. The average Bonchev–Trinajstić information content (AvgIpc) is 3.90. The van der Waals surface area contributed by atoms with Gasteiger partial charge in [-0.3, -0.25) is 19.3 Å². The van der Waals surface area contributed by atoms with Crippen LogP contribution in [0.25, 0.3) is 22.5 Å². The summed E-state index contributed by atoms with van der Waals surface area (Å²) in [4.78, 5) is 71.0. The van der Waals surface area contributed by atoms with Crippen LogP contribution < -0.4 is 40.1 Å². The first-order chi connectivity index (χ1) is 35.9. The number of nitrogens with two attached hydrogens (primary N) is 1. The summed E-state index contributed by atoms with van der Waals surface area (Å²) < 4.78 is 50.6. The van der Waals surface area contributed by atoms with Crippen LogP contribution in [0.2, 0.25) is 0 Å². The van der Waals surface area contributed by atoms with Crippen LogP contribution >= 0.6 is 0 Å². The molecule has 2 aromatic carbocycles. The lowest BCUT2D eigenvalue weighted by Crippen LogP contribution is -2.51. The number of rotatable bonds is 14. The monoisotopic (exact) mass is 1040 g/mol. The smallest absolute Gasteiger partial charge is 0.415 e. The van der Waals surface area contributed by atoms with Crippen molar-refractivity contribution in [2.24, 2.45) is 17.6 Å². The lowest BCUT2D eigenvalue weighted by Gasteiger charge is -2.34. The van der Waals surface area contributed by atoms with E-state index in [4.69, 9.17) is 48.2 Å². The second-order valence-electron chi connectivity index (χ2n) is 18.4. The van der Waals surface area contributed by atoms with Crippen LogP contribution in [0.3, 0.4) is 0 Å². The molecule has 0 saturated carbocycles. The van der Waals surface area contributed by atoms with Crippen molar-refractivity contribution in [3.63, 3.8) is 0 Å². The summed E-state index contributed by atoms with van der Waals surface area (Å²) in [7, 11) is 8.94. The van der Waals surface area contributed by atoms with E-state index in [2.05, 4.69) is 20.7 Å². The Morgan fingerprint density at radius 2 is 1.57 bits per heavy atom. The molecule has 1 fully saturated rings. The van der Waals surface area contributed by atoms with Gasteiger partial charge in [-0.25, -0.2) is 9.59 Å². The number of aliphatic hydroxyl groups excluding tert-OH is 1. The number of hydrogen-bond acceptors (Lipinski definition) is 18. The number of piperazine rings is 1. The van der Waals surface area contributed by atoms with E-state index in [1.54, 1.807) is 80.4 Å². The summed E-state index contributed by atoms with van der Waals surface area (Å²) in [5.74, 6) is -0.241.